The zero-order valence-electron chi connectivity index (χ0n) is 11.8. The molecular weight excluding hydrogens is 291 g/mol. The van der Waals surface area contributed by atoms with Crippen LogP contribution in [-0.2, 0) is 10.0 Å². The summed E-state index contributed by atoms with van der Waals surface area (Å²) >= 11 is 0. The second kappa shape index (κ2) is 5.83. The van der Waals surface area contributed by atoms with Crippen LogP contribution in [0.2, 0.25) is 0 Å². The summed E-state index contributed by atoms with van der Waals surface area (Å²) in [6.07, 6.45) is 0. The second-order valence-electron chi connectivity index (χ2n) is 4.88. The molecule has 0 heterocycles. The Balaban J connectivity index is 2.29. The van der Waals surface area contributed by atoms with Gasteiger partial charge in [0.1, 0.15) is 5.82 Å². The van der Waals surface area contributed by atoms with Gasteiger partial charge < -0.3 is 5.73 Å². The third-order valence-electron chi connectivity index (χ3n) is 3.26. The predicted molar refractivity (Wildman–Crippen MR) is 80.7 cm³/mol. The minimum Gasteiger partial charge on any atom is -0.398 e. The Labute approximate surface area is 123 Å². The van der Waals surface area contributed by atoms with Crippen molar-refractivity contribution in [3.05, 3.63) is 59.4 Å². The van der Waals surface area contributed by atoms with Gasteiger partial charge in [-0.15, -0.1) is 0 Å². The molecule has 0 aliphatic rings. The van der Waals surface area contributed by atoms with Crippen molar-refractivity contribution >= 4 is 15.7 Å². The molecule has 1 unspecified atom stereocenters. The molecule has 0 aromatic heterocycles. The number of sulfonamides is 1. The van der Waals surface area contributed by atoms with Gasteiger partial charge in [0.15, 0.2) is 0 Å². The molecule has 0 aliphatic carbocycles. The molecule has 2 aromatic carbocycles. The summed E-state index contributed by atoms with van der Waals surface area (Å²) in [6.45, 7) is 3.38. The second-order valence-corrected chi connectivity index (χ2v) is 6.60. The van der Waals surface area contributed by atoms with Crippen molar-refractivity contribution in [2.75, 3.05) is 5.73 Å². The maximum absolute atomic E-state index is 13.7. The van der Waals surface area contributed by atoms with Crippen molar-refractivity contribution in [3.63, 3.8) is 0 Å². The van der Waals surface area contributed by atoms with Crippen LogP contribution in [0.1, 0.15) is 24.1 Å². The summed E-state index contributed by atoms with van der Waals surface area (Å²) in [4.78, 5) is 0.0637. The highest BCUT2D eigenvalue weighted by Crippen LogP contribution is 2.21. The number of hydrogen-bond donors (Lipinski definition) is 2. The van der Waals surface area contributed by atoms with E-state index in [1.165, 1.54) is 18.2 Å². The van der Waals surface area contributed by atoms with Gasteiger partial charge in [-0.25, -0.2) is 17.5 Å². The van der Waals surface area contributed by atoms with Gasteiger partial charge >= 0.3 is 0 Å². The Kier molecular flexibility index (Phi) is 4.29. The predicted octanol–water partition coefficient (Wildman–Crippen LogP) is 2.76. The Bertz CT molecular complexity index is 760. The molecule has 0 aliphatic heterocycles. The van der Waals surface area contributed by atoms with E-state index >= 15 is 0 Å². The smallest absolute Gasteiger partial charge is 0.241 e. The number of hydrogen-bond acceptors (Lipinski definition) is 3. The topological polar surface area (TPSA) is 72.2 Å². The number of nitrogen functional groups attached to an aromatic ring is 1. The number of benzene rings is 2. The molecule has 0 saturated heterocycles. The lowest BCUT2D eigenvalue weighted by Crippen LogP contribution is -2.27. The van der Waals surface area contributed by atoms with Crippen molar-refractivity contribution in [1.82, 2.24) is 4.72 Å². The molecule has 0 radical (unpaired) electrons. The summed E-state index contributed by atoms with van der Waals surface area (Å²) in [5, 5.41) is 0. The van der Waals surface area contributed by atoms with Crippen LogP contribution in [0.25, 0.3) is 0 Å². The van der Waals surface area contributed by atoms with Crippen LogP contribution in [0.15, 0.2) is 47.4 Å². The quantitative estimate of drug-likeness (QED) is 0.853. The minimum absolute atomic E-state index is 0.0637. The van der Waals surface area contributed by atoms with Crippen LogP contribution in [0.5, 0.6) is 0 Å². The summed E-state index contributed by atoms with van der Waals surface area (Å²) in [6, 6.07) is 9.88. The Morgan fingerprint density at radius 1 is 1.19 bits per heavy atom. The third kappa shape index (κ3) is 3.40. The first-order valence-electron chi connectivity index (χ1n) is 6.44. The molecule has 1 atom stereocenters. The molecular formula is C15H17FN2O2S. The van der Waals surface area contributed by atoms with E-state index in [1.54, 1.807) is 38.1 Å². The lowest BCUT2D eigenvalue weighted by molar-refractivity contribution is 0.550. The SMILES string of the molecule is Cc1ccc(S(=O)(=O)NC(C)c2ccccc2F)cc1N. The average molecular weight is 308 g/mol. The molecule has 0 fully saturated rings. The summed E-state index contributed by atoms with van der Waals surface area (Å²) in [5.74, 6) is -0.448. The lowest BCUT2D eigenvalue weighted by Gasteiger charge is -2.16. The highest BCUT2D eigenvalue weighted by Gasteiger charge is 2.20. The molecule has 2 rings (SSSR count). The van der Waals surface area contributed by atoms with E-state index in [9.17, 15) is 12.8 Å². The van der Waals surface area contributed by atoms with E-state index in [1.807, 2.05) is 0 Å². The largest absolute Gasteiger partial charge is 0.398 e. The number of nitrogens with one attached hydrogen (secondary N) is 1. The monoisotopic (exact) mass is 308 g/mol. The summed E-state index contributed by atoms with van der Waals surface area (Å²) in [5.41, 5.74) is 7.23. The number of nitrogens with two attached hydrogens (primary N) is 1. The van der Waals surface area contributed by atoms with Crippen molar-refractivity contribution in [1.29, 1.82) is 0 Å². The van der Waals surface area contributed by atoms with Crippen LogP contribution in [0.3, 0.4) is 0 Å². The van der Waals surface area contributed by atoms with Gasteiger partial charge in [0.2, 0.25) is 10.0 Å². The molecule has 6 heteroatoms. The fraction of sp³-hybridized carbons (Fsp3) is 0.200. The van der Waals surface area contributed by atoms with Gasteiger partial charge in [0, 0.05) is 17.3 Å². The van der Waals surface area contributed by atoms with Crippen molar-refractivity contribution in [2.24, 2.45) is 0 Å². The Hall–Kier alpha value is -1.92. The lowest BCUT2D eigenvalue weighted by atomic mass is 10.1. The van der Waals surface area contributed by atoms with Crippen LogP contribution < -0.4 is 10.5 Å². The first-order valence-corrected chi connectivity index (χ1v) is 7.92. The van der Waals surface area contributed by atoms with Gasteiger partial charge in [-0.05, 0) is 37.6 Å². The third-order valence-corrected chi connectivity index (χ3v) is 4.80. The summed E-state index contributed by atoms with van der Waals surface area (Å²) in [7, 11) is -3.76. The molecule has 2 aromatic rings. The fourth-order valence-electron chi connectivity index (χ4n) is 1.98. The highest BCUT2D eigenvalue weighted by molar-refractivity contribution is 7.89. The van der Waals surface area contributed by atoms with E-state index in [-0.39, 0.29) is 4.90 Å². The Morgan fingerprint density at radius 3 is 2.48 bits per heavy atom. The first kappa shape index (κ1) is 15.5. The zero-order chi connectivity index (χ0) is 15.6. The van der Waals surface area contributed by atoms with E-state index in [0.29, 0.717) is 11.3 Å². The van der Waals surface area contributed by atoms with Crippen LogP contribution in [-0.4, -0.2) is 8.42 Å². The number of rotatable bonds is 4. The molecule has 21 heavy (non-hydrogen) atoms. The number of aryl methyl sites for hydroxylation is 1. The van der Waals surface area contributed by atoms with E-state index in [2.05, 4.69) is 4.72 Å². The molecule has 3 N–H and O–H groups in total. The van der Waals surface area contributed by atoms with E-state index in [4.69, 9.17) is 5.73 Å². The molecule has 112 valence electrons. The highest BCUT2D eigenvalue weighted by atomic mass is 32.2. The average Bonchev–Trinajstić information content (AvgIpc) is 2.41. The fourth-order valence-corrected chi connectivity index (χ4v) is 3.23. The maximum Gasteiger partial charge on any atom is 0.241 e. The van der Waals surface area contributed by atoms with E-state index < -0.39 is 21.9 Å². The van der Waals surface area contributed by atoms with Crippen molar-refractivity contribution in [3.8, 4) is 0 Å². The van der Waals surface area contributed by atoms with Gasteiger partial charge in [-0.1, -0.05) is 24.3 Å². The van der Waals surface area contributed by atoms with E-state index in [0.717, 1.165) is 5.56 Å². The van der Waals surface area contributed by atoms with Crippen LogP contribution in [0.4, 0.5) is 10.1 Å². The van der Waals surface area contributed by atoms with Crippen LogP contribution in [0, 0.1) is 12.7 Å². The molecule has 0 saturated carbocycles. The minimum atomic E-state index is -3.76. The number of anilines is 1. The summed E-state index contributed by atoms with van der Waals surface area (Å²) < 4.78 is 40.7. The molecule has 0 bridgehead atoms. The normalized spacial score (nSPS) is 13.1. The van der Waals surface area contributed by atoms with Gasteiger partial charge in [-0.3, -0.25) is 0 Å². The Morgan fingerprint density at radius 2 is 1.86 bits per heavy atom. The molecule has 0 spiro atoms. The van der Waals surface area contributed by atoms with Gasteiger partial charge in [-0.2, -0.15) is 0 Å². The standard InChI is InChI=1S/C15H17FN2O2S/c1-10-7-8-12(9-15(10)17)21(19,20)18-11(2)13-5-3-4-6-14(13)16/h3-9,11,18H,17H2,1-2H3. The van der Waals surface area contributed by atoms with Gasteiger partial charge in [0.05, 0.1) is 4.90 Å². The maximum atomic E-state index is 13.7. The van der Waals surface area contributed by atoms with Crippen LogP contribution >= 0.6 is 0 Å². The first-order chi connectivity index (χ1) is 9.81. The van der Waals surface area contributed by atoms with Crippen molar-refractivity contribution < 1.29 is 12.8 Å². The molecule has 4 nitrogen and oxygen atoms in total. The number of halogens is 1. The van der Waals surface area contributed by atoms with Gasteiger partial charge in [0.25, 0.3) is 0 Å². The van der Waals surface area contributed by atoms with Crippen molar-refractivity contribution in [2.45, 2.75) is 24.8 Å². The zero-order valence-corrected chi connectivity index (χ0v) is 12.6. The molecule has 0 amide bonds.